The van der Waals surface area contributed by atoms with Crippen molar-refractivity contribution >= 4 is 41.1 Å². The standard InChI is InChI=1S/C25H34N7O12PS/c1-25(2,3)23(36)40-11-46-45(38,43-17-13(8-33)41-21(18(17)39-4)31-6-5-14(35)30-24(31)37)44-22-12(34)7-15(42-22)32-10-29-16-19(26)27-9-28-20(16)32/h5-6,9-10,12-13,15,17-18,21-22,33-34H,7-8,11H2,1-4H3,(H2,26,27,28)(H,30,35,37)/t12?,13-,15-,17?,18+,21-,22-,45?/m1/s1. The lowest BCUT2D eigenvalue weighted by Gasteiger charge is -2.29. The molecule has 0 aliphatic carbocycles. The number of H-pyrrole nitrogens is 1. The Kier molecular flexibility index (Phi) is 10.0. The first-order valence-electron chi connectivity index (χ1n) is 13.9. The minimum absolute atomic E-state index is 0.0343. The number of rotatable bonds is 11. The molecule has 2 aliphatic rings. The molecule has 5 rings (SSSR count). The molecule has 3 aromatic heterocycles. The highest BCUT2D eigenvalue weighted by Crippen LogP contribution is 2.64. The Morgan fingerprint density at radius 3 is 2.63 bits per heavy atom. The van der Waals surface area contributed by atoms with Crippen molar-refractivity contribution in [2.24, 2.45) is 5.41 Å². The highest BCUT2D eigenvalue weighted by molar-refractivity contribution is 8.55. The average molecular weight is 688 g/mol. The zero-order chi connectivity index (χ0) is 33.4. The predicted molar refractivity (Wildman–Crippen MR) is 159 cm³/mol. The van der Waals surface area contributed by atoms with Gasteiger partial charge in [0.1, 0.15) is 48.4 Å². The van der Waals surface area contributed by atoms with Gasteiger partial charge in [-0.15, -0.1) is 0 Å². The first kappa shape index (κ1) is 34.1. The Balaban J connectivity index is 1.40. The number of ether oxygens (including phenoxy) is 4. The molecule has 8 atom stereocenters. The number of methoxy groups -OCH3 is 1. The number of nitrogens with two attached hydrogens (primary N) is 1. The maximum absolute atomic E-state index is 14.4. The van der Waals surface area contributed by atoms with E-state index in [1.807, 2.05) is 0 Å². The van der Waals surface area contributed by atoms with E-state index in [0.717, 1.165) is 10.6 Å². The third kappa shape index (κ3) is 7.04. The van der Waals surface area contributed by atoms with Crippen molar-refractivity contribution in [1.29, 1.82) is 0 Å². The minimum atomic E-state index is -4.49. The maximum Gasteiger partial charge on any atom is 0.395 e. The molecule has 0 radical (unpaired) electrons. The fourth-order valence-corrected chi connectivity index (χ4v) is 7.70. The van der Waals surface area contributed by atoms with Crippen molar-refractivity contribution in [1.82, 2.24) is 29.1 Å². The summed E-state index contributed by atoms with van der Waals surface area (Å²) in [5.41, 5.74) is 4.18. The van der Waals surface area contributed by atoms with Gasteiger partial charge < -0.3 is 34.9 Å². The molecule has 0 spiro atoms. The lowest BCUT2D eigenvalue weighted by atomic mass is 9.98. The number of nitrogens with zero attached hydrogens (tertiary/aromatic N) is 5. The lowest BCUT2D eigenvalue weighted by molar-refractivity contribution is -0.150. The number of aliphatic hydroxyl groups excluding tert-OH is 2. The Bertz CT molecular complexity index is 1730. The summed E-state index contributed by atoms with van der Waals surface area (Å²) in [4.78, 5) is 50.9. The fourth-order valence-electron chi connectivity index (χ4n) is 4.78. The number of hydrogen-bond acceptors (Lipinski definition) is 17. The third-order valence-corrected chi connectivity index (χ3v) is 10.4. The number of aromatic amines is 1. The SMILES string of the molecule is CO[C@H]1C(OP(=O)(O[C@H]2O[C@@H](n3cnc4c(N)ncnc43)CC2O)SCOC(=O)C(C)(C)C)[C@@H](CO)O[C@H]1n1ccc(=O)[nH]c1=O. The van der Waals surface area contributed by atoms with E-state index >= 15 is 0 Å². The molecule has 5 N–H and O–H groups in total. The van der Waals surface area contributed by atoms with E-state index in [-0.39, 0.29) is 12.2 Å². The third-order valence-electron chi connectivity index (χ3n) is 7.11. The molecule has 252 valence electrons. The molecular weight excluding hydrogens is 653 g/mol. The van der Waals surface area contributed by atoms with Crippen molar-refractivity contribution in [3.63, 3.8) is 0 Å². The van der Waals surface area contributed by atoms with Crippen LogP contribution in [0.25, 0.3) is 11.2 Å². The normalized spacial score (nSPS) is 28.0. The van der Waals surface area contributed by atoms with Crippen molar-refractivity contribution in [2.75, 3.05) is 25.4 Å². The number of esters is 1. The number of carbonyl (C=O) groups excluding carboxylic acids is 1. The summed E-state index contributed by atoms with van der Waals surface area (Å²) in [6, 6.07) is 1.09. The van der Waals surface area contributed by atoms with E-state index in [9.17, 15) is 29.2 Å². The first-order chi connectivity index (χ1) is 21.7. The van der Waals surface area contributed by atoms with Crippen LogP contribution >= 0.6 is 18.2 Å². The van der Waals surface area contributed by atoms with Gasteiger partial charge in [0.05, 0.1) is 18.3 Å². The Morgan fingerprint density at radius 1 is 1.20 bits per heavy atom. The van der Waals surface area contributed by atoms with E-state index in [1.54, 1.807) is 20.8 Å². The van der Waals surface area contributed by atoms with Crippen molar-refractivity contribution in [2.45, 2.75) is 70.4 Å². The zero-order valence-corrected chi connectivity index (χ0v) is 26.8. The number of hydrogen-bond donors (Lipinski definition) is 4. The summed E-state index contributed by atoms with van der Waals surface area (Å²) in [7, 11) is 1.28. The van der Waals surface area contributed by atoms with Crippen molar-refractivity contribution in [3.8, 4) is 0 Å². The topological polar surface area (TPSA) is 254 Å². The second-order valence-corrected chi connectivity index (χ2v) is 15.3. The van der Waals surface area contributed by atoms with Crippen LogP contribution in [0.4, 0.5) is 5.82 Å². The number of fused-ring (bicyclic) bond motifs is 1. The summed E-state index contributed by atoms with van der Waals surface area (Å²) in [6.07, 6.45) is -4.86. The fraction of sp³-hybridized carbons (Fsp3) is 0.600. The van der Waals surface area contributed by atoms with Crippen LogP contribution in [0.2, 0.25) is 0 Å². The second kappa shape index (κ2) is 13.5. The van der Waals surface area contributed by atoms with Crippen LogP contribution in [-0.2, 0) is 37.4 Å². The summed E-state index contributed by atoms with van der Waals surface area (Å²) in [6.45, 7) is -0.245. The number of carbonyl (C=O) groups is 1. The summed E-state index contributed by atoms with van der Waals surface area (Å²) in [5.74, 6) is -0.942. The van der Waals surface area contributed by atoms with E-state index < -0.39 is 85.1 Å². The molecule has 2 aliphatic heterocycles. The van der Waals surface area contributed by atoms with Gasteiger partial charge in [0, 0.05) is 37.2 Å². The highest BCUT2D eigenvalue weighted by atomic mass is 32.7. The number of aromatic nitrogens is 6. The second-order valence-electron chi connectivity index (χ2n) is 11.4. The van der Waals surface area contributed by atoms with Crippen LogP contribution in [0.1, 0.15) is 39.6 Å². The number of aliphatic hydroxyl groups is 2. The van der Waals surface area contributed by atoms with E-state index in [1.165, 1.54) is 30.5 Å². The van der Waals surface area contributed by atoms with Gasteiger partial charge in [-0.05, 0) is 20.8 Å². The molecule has 2 fully saturated rings. The van der Waals surface area contributed by atoms with Crippen LogP contribution in [0, 0.1) is 5.41 Å². The summed E-state index contributed by atoms with van der Waals surface area (Å²) < 4.78 is 51.3. The summed E-state index contributed by atoms with van der Waals surface area (Å²) in [5, 5.41) is 21.0. The van der Waals surface area contributed by atoms with E-state index in [2.05, 4.69) is 19.9 Å². The molecule has 0 aromatic carbocycles. The van der Waals surface area contributed by atoms with Gasteiger partial charge in [-0.25, -0.2) is 24.3 Å². The minimum Gasteiger partial charge on any atom is -0.454 e. The largest absolute Gasteiger partial charge is 0.454 e. The maximum atomic E-state index is 14.4. The smallest absolute Gasteiger partial charge is 0.395 e. The molecule has 3 aromatic rings. The van der Waals surface area contributed by atoms with Crippen molar-refractivity contribution < 1.29 is 47.6 Å². The van der Waals surface area contributed by atoms with Gasteiger partial charge in [0.15, 0.2) is 24.0 Å². The molecule has 5 heterocycles. The molecule has 0 saturated carbocycles. The van der Waals surface area contributed by atoms with Gasteiger partial charge in [-0.2, -0.15) is 0 Å². The van der Waals surface area contributed by atoms with Crippen molar-refractivity contribution in [3.05, 3.63) is 45.8 Å². The molecule has 0 bridgehead atoms. The Morgan fingerprint density at radius 2 is 1.96 bits per heavy atom. The number of imidazole rings is 1. The van der Waals surface area contributed by atoms with Gasteiger partial charge in [0.25, 0.3) is 5.56 Å². The Hall–Kier alpha value is -3.20. The van der Waals surface area contributed by atoms with Gasteiger partial charge in [0.2, 0.25) is 0 Å². The zero-order valence-electron chi connectivity index (χ0n) is 25.1. The average Bonchev–Trinajstić information content (AvgIpc) is 3.68. The van der Waals surface area contributed by atoms with Crippen LogP contribution in [0.15, 0.2) is 34.5 Å². The van der Waals surface area contributed by atoms with E-state index in [0.29, 0.717) is 22.5 Å². The van der Waals surface area contributed by atoms with E-state index in [4.69, 9.17) is 33.7 Å². The molecule has 2 saturated heterocycles. The van der Waals surface area contributed by atoms with Gasteiger partial charge in [-0.3, -0.25) is 32.8 Å². The highest BCUT2D eigenvalue weighted by Gasteiger charge is 2.52. The first-order valence-corrected chi connectivity index (χ1v) is 17.0. The summed E-state index contributed by atoms with van der Waals surface area (Å²) >= 11 is 0.486. The molecular formula is C25H34N7O12PS. The van der Waals surface area contributed by atoms with Crippen LogP contribution in [-0.4, -0.2) is 95.6 Å². The predicted octanol–water partition coefficient (Wildman–Crippen LogP) is 0.259. The molecule has 3 unspecified atom stereocenters. The number of nitrogen functional groups attached to an aromatic ring is 1. The number of anilines is 1. The van der Waals surface area contributed by atoms with Gasteiger partial charge >= 0.3 is 18.5 Å². The lowest BCUT2D eigenvalue weighted by Crippen LogP contribution is -2.40. The molecule has 21 heteroatoms. The number of nitrogens with one attached hydrogen (secondary N) is 1. The van der Waals surface area contributed by atoms with Crippen LogP contribution in [0.5, 0.6) is 0 Å². The van der Waals surface area contributed by atoms with Crippen LogP contribution in [0.3, 0.4) is 0 Å². The Labute approximate surface area is 264 Å². The van der Waals surface area contributed by atoms with Gasteiger partial charge in [-0.1, -0.05) is 0 Å². The molecule has 0 amide bonds. The quantitative estimate of drug-likeness (QED) is 0.120. The van der Waals surface area contributed by atoms with Crippen LogP contribution < -0.4 is 17.0 Å². The monoisotopic (exact) mass is 687 g/mol. The molecule has 46 heavy (non-hydrogen) atoms. The molecule has 19 nitrogen and oxygen atoms in total.